The van der Waals surface area contributed by atoms with E-state index in [0.29, 0.717) is 10.8 Å². The highest BCUT2D eigenvalue weighted by molar-refractivity contribution is 7.15. The summed E-state index contributed by atoms with van der Waals surface area (Å²) in [7, 11) is 0. The molecule has 0 aliphatic rings. The minimum Gasteiger partial charge on any atom is -0.324 e. The largest absolute Gasteiger partial charge is 0.325 e. The normalized spacial score (nSPS) is 12.0. The van der Waals surface area contributed by atoms with Gasteiger partial charge >= 0.3 is 6.03 Å². The molecule has 0 bridgehead atoms. The summed E-state index contributed by atoms with van der Waals surface area (Å²) in [5.74, 6) is 0. The Kier molecular flexibility index (Phi) is 4.36. The van der Waals surface area contributed by atoms with Crippen LogP contribution in [0.4, 0.5) is 15.6 Å². The number of urea groups is 1. The van der Waals surface area contributed by atoms with E-state index in [1.54, 1.807) is 0 Å². The second-order valence-electron chi connectivity index (χ2n) is 4.65. The predicted octanol–water partition coefficient (Wildman–Crippen LogP) is 3.42. The molecule has 1 heterocycles. The number of carbonyl (C=O) groups is 1. The van der Waals surface area contributed by atoms with Crippen LogP contribution >= 0.6 is 11.3 Å². The average Bonchev–Trinajstić information content (AvgIpc) is 2.68. The zero-order valence-corrected chi connectivity index (χ0v) is 12.5. The third-order valence-electron chi connectivity index (χ3n) is 2.92. The van der Waals surface area contributed by atoms with Crippen LogP contribution in [0.5, 0.6) is 0 Å². The fourth-order valence-electron chi connectivity index (χ4n) is 1.69. The Bertz CT molecular complexity index is 602. The van der Waals surface area contributed by atoms with Gasteiger partial charge < -0.3 is 11.1 Å². The second-order valence-corrected chi connectivity index (χ2v) is 5.86. The van der Waals surface area contributed by atoms with Crippen molar-refractivity contribution in [3.8, 4) is 0 Å². The van der Waals surface area contributed by atoms with Crippen molar-refractivity contribution in [3.63, 3.8) is 0 Å². The molecule has 20 heavy (non-hydrogen) atoms. The van der Waals surface area contributed by atoms with Gasteiger partial charge in [0.25, 0.3) is 0 Å². The smallest absolute Gasteiger partial charge is 0.324 e. The number of anilines is 2. The lowest BCUT2D eigenvalue weighted by Crippen LogP contribution is -2.19. The Morgan fingerprint density at radius 2 is 2.10 bits per heavy atom. The van der Waals surface area contributed by atoms with E-state index in [4.69, 9.17) is 5.73 Å². The zero-order chi connectivity index (χ0) is 14.7. The summed E-state index contributed by atoms with van der Waals surface area (Å²) in [5, 5.41) is 6.10. The molecule has 0 fully saturated rings. The molecule has 4 N–H and O–H groups in total. The van der Waals surface area contributed by atoms with Crippen molar-refractivity contribution in [2.45, 2.75) is 26.8 Å². The lowest BCUT2D eigenvalue weighted by atomic mass is 10.1. The van der Waals surface area contributed by atoms with Crippen LogP contribution in [0.25, 0.3) is 0 Å². The molecule has 2 aromatic rings. The number of hydrogen-bond donors (Lipinski definition) is 3. The molecule has 1 unspecified atom stereocenters. The fraction of sp³-hybridized carbons (Fsp3) is 0.286. The molecule has 2 amide bonds. The van der Waals surface area contributed by atoms with Gasteiger partial charge in [-0.3, -0.25) is 5.32 Å². The van der Waals surface area contributed by atoms with Crippen LogP contribution in [-0.4, -0.2) is 11.0 Å². The number of hydrogen-bond acceptors (Lipinski definition) is 4. The molecular formula is C14H18N4OS. The van der Waals surface area contributed by atoms with E-state index in [-0.39, 0.29) is 12.1 Å². The summed E-state index contributed by atoms with van der Waals surface area (Å²) in [4.78, 5) is 17.3. The topological polar surface area (TPSA) is 80.0 Å². The third-order valence-corrected chi connectivity index (χ3v) is 3.91. The molecule has 1 atom stereocenters. The van der Waals surface area contributed by atoms with Gasteiger partial charge in [-0.25, -0.2) is 9.78 Å². The number of thiazole rings is 1. The van der Waals surface area contributed by atoms with Gasteiger partial charge in [-0.15, -0.1) is 11.3 Å². The summed E-state index contributed by atoms with van der Waals surface area (Å²) in [5.41, 5.74) is 8.44. The third kappa shape index (κ3) is 3.55. The number of carbonyl (C=O) groups excluding carboxylic acids is 1. The van der Waals surface area contributed by atoms with Crippen LogP contribution in [0.3, 0.4) is 0 Å². The number of nitrogens with two attached hydrogens (primary N) is 1. The molecule has 106 valence electrons. The maximum atomic E-state index is 11.9. The van der Waals surface area contributed by atoms with Gasteiger partial charge in [-0.1, -0.05) is 12.1 Å². The maximum Gasteiger partial charge on any atom is 0.325 e. The van der Waals surface area contributed by atoms with Gasteiger partial charge in [-0.05, 0) is 38.5 Å². The van der Waals surface area contributed by atoms with Gasteiger partial charge in [0.05, 0.1) is 5.69 Å². The molecule has 6 heteroatoms. The van der Waals surface area contributed by atoms with Crippen molar-refractivity contribution in [3.05, 3.63) is 40.4 Å². The van der Waals surface area contributed by atoms with Crippen molar-refractivity contribution in [2.75, 3.05) is 10.6 Å². The van der Waals surface area contributed by atoms with E-state index < -0.39 is 0 Å². The lowest BCUT2D eigenvalue weighted by molar-refractivity contribution is 0.262. The van der Waals surface area contributed by atoms with Gasteiger partial charge in [-0.2, -0.15) is 0 Å². The van der Waals surface area contributed by atoms with E-state index in [9.17, 15) is 4.79 Å². The zero-order valence-electron chi connectivity index (χ0n) is 11.7. The van der Waals surface area contributed by atoms with E-state index in [0.717, 1.165) is 16.1 Å². The second kappa shape index (κ2) is 6.02. The minimum atomic E-state index is -0.305. The van der Waals surface area contributed by atoms with Crippen molar-refractivity contribution in [1.82, 2.24) is 4.98 Å². The van der Waals surface area contributed by atoms with Crippen LogP contribution in [0.15, 0.2) is 24.3 Å². The maximum absolute atomic E-state index is 11.9. The van der Waals surface area contributed by atoms with E-state index >= 15 is 0 Å². The van der Waals surface area contributed by atoms with Gasteiger partial charge in [0, 0.05) is 16.6 Å². The number of nitrogens with zero attached hydrogens (tertiary/aromatic N) is 1. The first kappa shape index (κ1) is 14.5. The SMILES string of the molecule is Cc1nc(NC(=O)Nc2cccc(C(C)N)c2)sc1C. The quantitative estimate of drug-likeness (QED) is 0.810. The monoisotopic (exact) mass is 290 g/mol. The number of rotatable bonds is 3. The molecule has 0 saturated carbocycles. The summed E-state index contributed by atoms with van der Waals surface area (Å²) < 4.78 is 0. The molecule has 0 saturated heterocycles. The van der Waals surface area contributed by atoms with Crippen LogP contribution in [0.1, 0.15) is 29.1 Å². The Hall–Kier alpha value is -1.92. The highest BCUT2D eigenvalue weighted by Gasteiger charge is 2.08. The van der Waals surface area contributed by atoms with E-state index in [1.165, 1.54) is 11.3 Å². The first-order valence-corrected chi connectivity index (χ1v) is 7.15. The molecule has 1 aromatic carbocycles. The Morgan fingerprint density at radius 1 is 1.35 bits per heavy atom. The number of nitrogens with one attached hydrogen (secondary N) is 2. The number of aromatic nitrogens is 1. The van der Waals surface area contributed by atoms with E-state index in [2.05, 4.69) is 15.6 Å². The van der Waals surface area contributed by atoms with Crippen LogP contribution in [0.2, 0.25) is 0 Å². The molecule has 0 aliphatic heterocycles. The molecule has 0 radical (unpaired) electrons. The standard InChI is InChI=1S/C14H18N4OS/c1-8(15)11-5-4-6-12(7-11)17-13(19)18-14-16-9(2)10(3)20-14/h4-8H,15H2,1-3H3,(H2,16,17,18,19). The Labute approximate surface area is 122 Å². The fourth-order valence-corrected chi connectivity index (χ4v) is 2.49. The first-order chi connectivity index (χ1) is 9.45. The van der Waals surface area contributed by atoms with E-state index in [1.807, 2.05) is 45.0 Å². The van der Waals surface area contributed by atoms with Crippen LogP contribution in [0, 0.1) is 13.8 Å². The predicted molar refractivity (Wildman–Crippen MR) is 83.3 cm³/mol. The summed E-state index contributed by atoms with van der Waals surface area (Å²) in [6.07, 6.45) is 0. The first-order valence-electron chi connectivity index (χ1n) is 6.33. The van der Waals surface area contributed by atoms with Crippen molar-refractivity contribution < 1.29 is 4.79 Å². The number of benzene rings is 1. The molecule has 5 nitrogen and oxygen atoms in total. The lowest BCUT2D eigenvalue weighted by Gasteiger charge is -2.09. The summed E-state index contributed by atoms with van der Waals surface area (Å²) >= 11 is 1.46. The van der Waals surface area contributed by atoms with Gasteiger partial charge in [0.1, 0.15) is 0 Å². The highest BCUT2D eigenvalue weighted by atomic mass is 32.1. The van der Waals surface area contributed by atoms with Crippen LogP contribution < -0.4 is 16.4 Å². The molecule has 1 aromatic heterocycles. The van der Waals surface area contributed by atoms with Crippen LogP contribution in [-0.2, 0) is 0 Å². The minimum absolute atomic E-state index is 0.0657. The highest BCUT2D eigenvalue weighted by Crippen LogP contribution is 2.21. The van der Waals surface area contributed by atoms with Gasteiger partial charge in [0.2, 0.25) is 0 Å². The summed E-state index contributed by atoms with van der Waals surface area (Å²) in [6, 6.07) is 7.12. The molecule has 0 spiro atoms. The Morgan fingerprint density at radius 3 is 2.70 bits per heavy atom. The molecular weight excluding hydrogens is 272 g/mol. The molecule has 0 aliphatic carbocycles. The summed E-state index contributed by atoms with van der Waals surface area (Å²) in [6.45, 7) is 5.80. The Balaban J connectivity index is 2.02. The number of aryl methyl sites for hydroxylation is 2. The van der Waals surface area contributed by atoms with Gasteiger partial charge in [0.15, 0.2) is 5.13 Å². The average molecular weight is 290 g/mol. The molecule has 2 rings (SSSR count). The van der Waals surface area contributed by atoms with Crippen molar-refractivity contribution >= 4 is 28.2 Å². The van der Waals surface area contributed by atoms with Crippen molar-refractivity contribution in [2.24, 2.45) is 5.73 Å². The number of amides is 2. The van der Waals surface area contributed by atoms with Crippen molar-refractivity contribution in [1.29, 1.82) is 0 Å².